The van der Waals surface area contributed by atoms with Gasteiger partial charge in [0.25, 0.3) is 0 Å². The number of anilines is 1. The van der Waals surface area contributed by atoms with Crippen LogP contribution in [-0.4, -0.2) is 15.5 Å². The third kappa shape index (κ3) is 6.68. The van der Waals surface area contributed by atoms with Crippen molar-refractivity contribution in [2.45, 2.75) is 53.1 Å². The highest BCUT2D eigenvalue weighted by molar-refractivity contribution is 14.0. The smallest absolute Gasteiger partial charge is 0.193 e. The van der Waals surface area contributed by atoms with Gasteiger partial charge in [-0.3, -0.25) is 0 Å². The van der Waals surface area contributed by atoms with Gasteiger partial charge in [0.1, 0.15) is 12.4 Å². The molecule has 0 radical (unpaired) electrons. The van der Waals surface area contributed by atoms with Crippen molar-refractivity contribution >= 4 is 35.6 Å². The minimum Gasteiger partial charge on any atom is -0.370 e. The Morgan fingerprint density at radius 3 is 2.52 bits per heavy atom. The van der Waals surface area contributed by atoms with E-state index in [9.17, 15) is 0 Å². The van der Waals surface area contributed by atoms with Gasteiger partial charge in [-0.2, -0.15) is 0 Å². The Hall–Kier alpha value is -1.57. The highest BCUT2D eigenvalue weighted by Gasteiger charge is 2.05. The first kappa shape index (κ1) is 21.5. The molecule has 6 heteroatoms. The molecule has 0 aliphatic carbocycles. The van der Waals surface area contributed by atoms with Gasteiger partial charge < -0.3 is 15.6 Å². The van der Waals surface area contributed by atoms with E-state index in [1.165, 1.54) is 5.56 Å². The minimum atomic E-state index is 0. The van der Waals surface area contributed by atoms with Gasteiger partial charge in [0.2, 0.25) is 0 Å². The fourth-order valence-corrected chi connectivity index (χ4v) is 2.53. The van der Waals surface area contributed by atoms with Gasteiger partial charge in [-0.05, 0) is 36.0 Å². The van der Waals surface area contributed by atoms with Crippen molar-refractivity contribution in [1.29, 1.82) is 0 Å². The predicted octanol–water partition coefficient (Wildman–Crippen LogP) is 4.60. The van der Waals surface area contributed by atoms with Crippen molar-refractivity contribution in [1.82, 2.24) is 9.55 Å². The van der Waals surface area contributed by atoms with Crippen LogP contribution in [0.4, 0.5) is 5.69 Å². The van der Waals surface area contributed by atoms with Crippen molar-refractivity contribution in [2.24, 2.45) is 16.6 Å². The second kappa shape index (κ2) is 10.4. The molecule has 0 saturated carbocycles. The van der Waals surface area contributed by atoms with Crippen molar-refractivity contribution in [3.8, 4) is 0 Å². The van der Waals surface area contributed by atoms with Crippen molar-refractivity contribution in [3.05, 3.63) is 48.0 Å². The molecule has 2 rings (SSSR count). The van der Waals surface area contributed by atoms with Gasteiger partial charge in [-0.1, -0.05) is 39.8 Å². The molecule has 5 nitrogen and oxygen atoms in total. The lowest BCUT2D eigenvalue weighted by Crippen LogP contribution is -2.23. The van der Waals surface area contributed by atoms with E-state index in [0.717, 1.165) is 24.5 Å². The summed E-state index contributed by atoms with van der Waals surface area (Å²) in [5.74, 6) is 2.48. The number of halogens is 1. The van der Waals surface area contributed by atoms with Crippen molar-refractivity contribution in [3.63, 3.8) is 0 Å². The third-order valence-corrected chi connectivity index (χ3v) is 4.12. The number of hydrogen-bond donors (Lipinski definition) is 2. The molecular weight excluding hydrogens is 425 g/mol. The van der Waals surface area contributed by atoms with E-state index in [-0.39, 0.29) is 24.0 Å². The lowest BCUT2D eigenvalue weighted by molar-refractivity contribution is 0.507. The average molecular weight is 455 g/mol. The number of aromatic nitrogens is 2. The molecule has 1 atom stereocenters. The summed E-state index contributed by atoms with van der Waals surface area (Å²) in [5, 5.41) is 3.14. The molecular formula is C19H30IN5. The van der Waals surface area contributed by atoms with Gasteiger partial charge in [0.15, 0.2) is 5.96 Å². The first-order chi connectivity index (χ1) is 11.5. The lowest BCUT2D eigenvalue weighted by Gasteiger charge is -2.11. The standard InChI is InChI=1S/C19H29N5.HI/c1-5-15(4)16-6-8-17(9-7-16)23-19(20)22-12-18-21-10-11-24(18)13-14(2)3;/h6-11,14-15H,5,12-13H2,1-4H3,(H3,20,22,23);1H. The summed E-state index contributed by atoms with van der Waals surface area (Å²) in [7, 11) is 0. The highest BCUT2D eigenvalue weighted by atomic mass is 127. The minimum absolute atomic E-state index is 0. The Bertz CT molecular complexity index is 661. The molecule has 0 saturated heterocycles. The van der Waals surface area contributed by atoms with Gasteiger partial charge in [0, 0.05) is 24.6 Å². The normalized spacial score (nSPS) is 12.8. The first-order valence-electron chi connectivity index (χ1n) is 8.66. The number of benzene rings is 1. The van der Waals surface area contributed by atoms with Gasteiger partial charge in [-0.25, -0.2) is 9.98 Å². The largest absolute Gasteiger partial charge is 0.370 e. The van der Waals surface area contributed by atoms with Crippen LogP contribution in [0.2, 0.25) is 0 Å². The molecule has 0 amide bonds. The summed E-state index contributed by atoms with van der Waals surface area (Å²) >= 11 is 0. The molecule has 0 aliphatic rings. The molecule has 1 heterocycles. The molecule has 0 aliphatic heterocycles. The second-order valence-corrected chi connectivity index (χ2v) is 6.65. The number of rotatable bonds is 7. The molecule has 1 aromatic carbocycles. The Morgan fingerprint density at radius 2 is 1.92 bits per heavy atom. The monoisotopic (exact) mass is 455 g/mol. The maximum atomic E-state index is 6.00. The van der Waals surface area contributed by atoms with Crippen LogP contribution in [0, 0.1) is 5.92 Å². The SMILES string of the molecule is CCC(C)c1ccc(NC(N)=NCc2nccn2CC(C)C)cc1.I. The number of aliphatic imine (C=N–C) groups is 1. The summed E-state index contributed by atoms with van der Waals surface area (Å²) < 4.78 is 2.13. The molecule has 0 spiro atoms. The quantitative estimate of drug-likeness (QED) is 0.364. The zero-order valence-electron chi connectivity index (χ0n) is 15.6. The molecule has 3 N–H and O–H groups in total. The number of nitrogens with one attached hydrogen (secondary N) is 1. The molecule has 1 unspecified atom stereocenters. The zero-order chi connectivity index (χ0) is 17.5. The van der Waals surface area contributed by atoms with Gasteiger partial charge >= 0.3 is 0 Å². The third-order valence-electron chi connectivity index (χ3n) is 4.12. The molecule has 0 fully saturated rings. The van der Waals surface area contributed by atoms with E-state index < -0.39 is 0 Å². The summed E-state index contributed by atoms with van der Waals surface area (Å²) in [5.41, 5.74) is 8.29. The first-order valence-corrected chi connectivity index (χ1v) is 8.66. The molecule has 25 heavy (non-hydrogen) atoms. The Morgan fingerprint density at radius 1 is 1.24 bits per heavy atom. The highest BCUT2D eigenvalue weighted by Crippen LogP contribution is 2.20. The lowest BCUT2D eigenvalue weighted by atomic mass is 9.99. The fraction of sp³-hybridized carbons (Fsp3) is 0.474. The van der Waals surface area contributed by atoms with Crippen LogP contribution >= 0.6 is 24.0 Å². The molecule has 2 aromatic rings. The summed E-state index contributed by atoms with van der Waals surface area (Å²) in [6.07, 6.45) is 4.94. The van der Waals surface area contributed by atoms with Crippen LogP contribution in [0.25, 0.3) is 0 Å². The van der Waals surface area contributed by atoms with Gasteiger partial charge in [0.05, 0.1) is 0 Å². The maximum absolute atomic E-state index is 6.00. The average Bonchev–Trinajstić information content (AvgIpc) is 2.99. The maximum Gasteiger partial charge on any atom is 0.193 e. The van der Waals surface area contributed by atoms with E-state index in [4.69, 9.17) is 5.73 Å². The van der Waals surface area contributed by atoms with Crippen LogP contribution < -0.4 is 11.1 Å². The number of nitrogens with zero attached hydrogens (tertiary/aromatic N) is 3. The molecule has 0 bridgehead atoms. The van der Waals surface area contributed by atoms with Gasteiger partial charge in [-0.15, -0.1) is 24.0 Å². The van der Waals surface area contributed by atoms with Crippen LogP contribution in [0.15, 0.2) is 41.7 Å². The van der Waals surface area contributed by atoms with Crippen LogP contribution in [0.1, 0.15) is 51.4 Å². The number of nitrogens with two attached hydrogens (primary N) is 1. The van der Waals surface area contributed by atoms with E-state index in [1.807, 2.05) is 24.5 Å². The summed E-state index contributed by atoms with van der Waals surface area (Å²) in [6, 6.07) is 8.37. The van der Waals surface area contributed by atoms with Crippen LogP contribution in [0.3, 0.4) is 0 Å². The topological polar surface area (TPSA) is 68.2 Å². The number of hydrogen-bond acceptors (Lipinski definition) is 2. The Kier molecular flexibility index (Phi) is 8.96. The van der Waals surface area contributed by atoms with Crippen molar-refractivity contribution in [2.75, 3.05) is 5.32 Å². The fourth-order valence-electron chi connectivity index (χ4n) is 2.53. The van der Waals surface area contributed by atoms with Crippen LogP contribution in [-0.2, 0) is 13.1 Å². The number of imidazole rings is 1. The van der Waals surface area contributed by atoms with Crippen molar-refractivity contribution < 1.29 is 0 Å². The second-order valence-electron chi connectivity index (χ2n) is 6.65. The van der Waals surface area contributed by atoms with Crippen LogP contribution in [0.5, 0.6) is 0 Å². The van der Waals surface area contributed by atoms with E-state index >= 15 is 0 Å². The number of guanidine groups is 1. The summed E-state index contributed by atoms with van der Waals surface area (Å²) in [4.78, 5) is 8.76. The molecule has 1 aromatic heterocycles. The predicted molar refractivity (Wildman–Crippen MR) is 117 cm³/mol. The Balaban J connectivity index is 0.00000312. The zero-order valence-corrected chi connectivity index (χ0v) is 17.9. The van der Waals surface area contributed by atoms with E-state index in [2.05, 4.69) is 59.7 Å². The molecule has 138 valence electrons. The van der Waals surface area contributed by atoms with E-state index in [0.29, 0.717) is 24.3 Å². The Labute approximate surface area is 168 Å². The summed E-state index contributed by atoms with van der Waals surface area (Å²) in [6.45, 7) is 10.2. The van der Waals surface area contributed by atoms with E-state index in [1.54, 1.807) is 0 Å².